The first-order valence-corrected chi connectivity index (χ1v) is 6.28. The Kier molecular flexibility index (Phi) is 3.06. The molecule has 0 saturated carbocycles. The van der Waals surface area contributed by atoms with Crippen LogP contribution < -0.4 is 5.32 Å². The van der Waals surface area contributed by atoms with Gasteiger partial charge in [0.1, 0.15) is 5.82 Å². The molecule has 0 fully saturated rings. The minimum Gasteiger partial charge on any atom is -0.370 e. The summed E-state index contributed by atoms with van der Waals surface area (Å²) in [5.41, 5.74) is 0.956. The first-order chi connectivity index (χ1) is 9.38. The van der Waals surface area contributed by atoms with Crippen molar-refractivity contribution in [3.8, 4) is 11.4 Å². The standard InChI is InChI=1S/C15H14N4/c1-2-17-14-7-8-18-15(19-14)13-10-16-9-11-5-3-4-6-12(11)13/h3-10H,2H2,1H3,(H,17,18,19). The van der Waals surface area contributed by atoms with Gasteiger partial charge in [-0.25, -0.2) is 9.97 Å². The van der Waals surface area contributed by atoms with Gasteiger partial charge in [0.05, 0.1) is 0 Å². The van der Waals surface area contributed by atoms with Crippen LogP contribution in [0, 0.1) is 0 Å². The first-order valence-electron chi connectivity index (χ1n) is 6.28. The van der Waals surface area contributed by atoms with Crippen molar-refractivity contribution >= 4 is 16.6 Å². The third kappa shape index (κ3) is 2.25. The van der Waals surface area contributed by atoms with Gasteiger partial charge >= 0.3 is 0 Å². The number of rotatable bonds is 3. The monoisotopic (exact) mass is 250 g/mol. The Morgan fingerprint density at radius 2 is 2.00 bits per heavy atom. The van der Waals surface area contributed by atoms with Crippen LogP contribution in [0.4, 0.5) is 5.82 Å². The van der Waals surface area contributed by atoms with Crippen LogP contribution in [0.1, 0.15) is 6.92 Å². The van der Waals surface area contributed by atoms with Gasteiger partial charge < -0.3 is 5.32 Å². The molecule has 0 amide bonds. The van der Waals surface area contributed by atoms with Gasteiger partial charge in [-0.05, 0) is 18.4 Å². The second-order valence-corrected chi connectivity index (χ2v) is 4.20. The number of pyridine rings is 1. The number of hydrogen-bond donors (Lipinski definition) is 1. The lowest BCUT2D eigenvalue weighted by Crippen LogP contribution is -2.01. The molecule has 0 aliphatic carbocycles. The van der Waals surface area contributed by atoms with Gasteiger partial charge in [0.15, 0.2) is 5.82 Å². The van der Waals surface area contributed by atoms with Crippen molar-refractivity contribution in [2.45, 2.75) is 6.92 Å². The zero-order chi connectivity index (χ0) is 13.1. The van der Waals surface area contributed by atoms with Crippen LogP contribution in [0.25, 0.3) is 22.2 Å². The molecule has 3 aromatic rings. The molecule has 2 heterocycles. The van der Waals surface area contributed by atoms with Gasteiger partial charge in [-0.15, -0.1) is 0 Å². The van der Waals surface area contributed by atoms with Crippen LogP contribution >= 0.6 is 0 Å². The molecule has 1 aromatic carbocycles. The van der Waals surface area contributed by atoms with Crippen molar-refractivity contribution in [3.63, 3.8) is 0 Å². The molecular weight excluding hydrogens is 236 g/mol. The summed E-state index contributed by atoms with van der Waals surface area (Å²) in [6.07, 6.45) is 5.43. The van der Waals surface area contributed by atoms with Gasteiger partial charge in [-0.1, -0.05) is 24.3 Å². The molecule has 4 nitrogen and oxygen atoms in total. The van der Waals surface area contributed by atoms with Crippen molar-refractivity contribution in [2.75, 3.05) is 11.9 Å². The highest BCUT2D eigenvalue weighted by molar-refractivity contribution is 5.94. The maximum Gasteiger partial charge on any atom is 0.163 e. The van der Waals surface area contributed by atoms with E-state index in [1.54, 1.807) is 6.20 Å². The van der Waals surface area contributed by atoms with Gasteiger partial charge in [0.25, 0.3) is 0 Å². The van der Waals surface area contributed by atoms with E-state index in [1.165, 1.54) is 0 Å². The van der Waals surface area contributed by atoms with E-state index in [4.69, 9.17) is 0 Å². The molecule has 0 aliphatic rings. The smallest absolute Gasteiger partial charge is 0.163 e. The van der Waals surface area contributed by atoms with Crippen LogP contribution in [0.5, 0.6) is 0 Å². The van der Waals surface area contributed by atoms with E-state index in [2.05, 4.69) is 26.3 Å². The van der Waals surface area contributed by atoms with Crippen molar-refractivity contribution < 1.29 is 0 Å². The molecule has 1 N–H and O–H groups in total. The molecule has 19 heavy (non-hydrogen) atoms. The number of anilines is 1. The fourth-order valence-electron chi connectivity index (χ4n) is 2.06. The van der Waals surface area contributed by atoms with Gasteiger partial charge in [0, 0.05) is 36.1 Å². The van der Waals surface area contributed by atoms with E-state index in [1.807, 2.05) is 43.6 Å². The summed E-state index contributed by atoms with van der Waals surface area (Å²) >= 11 is 0. The molecule has 2 aromatic heterocycles. The maximum absolute atomic E-state index is 4.52. The van der Waals surface area contributed by atoms with E-state index < -0.39 is 0 Å². The van der Waals surface area contributed by atoms with Crippen molar-refractivity contribution in [1.29, 1.82) is 0 Å². The van der Waals surface area contributed by atoms with Gasteiger partial charge in [-0.2, -0.15) is 0 Å². The van der Waals surface area contributed by atoms with Gasteiger partial charge in [0.2, 0.25) is 0 Å². The third-order valence-corrected chi connectivity index (χ3v) is 2.92. The van der Waals surface area contributed by atoms with Crippen molar-refractivity contribution in [1.82, 2.24) is 15.0 Å². The molecule has 0 atom stereocenters. The summed E-state index contributed by atoms with van der Waals surface area (Å²) in [5.74, 6) is 1.53. The molecule has 0 unspecified atom stereocenters. The van der Waals surface area contributed by atoms with E-state index in [0.717, 1.165) is 28.7 Å². The summed E-state index contributed by atoms with van der Waals surface area (Å²) in [5, 5.41) is 5.41. The Labute approximate surface area is 111 Å². The number of aromatic nitrogens is 3. The highest BCUT2D eigenvalue weighted by Crippen LogP contribution is 2.25. The fraction of sp³-hybridized carbons (Fsp3) is 0.133. The highest BCUT2D eigenvalue weighted by Gasteiger charge is 2.07. The van der Waals surface area contributed by atoms with Crippen LogP contribution in [-0.4, -0.2) is 21.5 Å². The topological polar surface area (TPSA) is 50.7 Å². The lowest BCUT2D eigenvalue weighted by Gasteiger charge is -2.07. The summed E-state index contributed by atoms with van der Waals surface area (Å²) in [4.78, 5) is 13.1. The number of fused-ring (bicyclic) bond motifs is 1. The van der Waals surface area contributed by atoms with Crippen molar-refractivity contribution in [2.24, 2.45) is 0 Å². The average Bonchev–Trinajstić information content (AvgIpc) is 2.47. The third-order valence-electron chi connectivity index (χ3n) is 2.92. The van der Waals surface area contributed by atoms with E-state index >= 15 is 0 Å². The average molecular weight is 250 g/mol. The Hall–Kier alpha value is -2.49. The number of nitrogens with zero attached hydrogens (tertiary/aromatic N) is 3. The fourth-order valence-corrected chi connectivity index (χ4v) is 2.06. The zero-order valence-electron chi connectivity index (χ0n) is 10.7. The molecular formula is C15H14N4. The quantitative estimate of drug-likeness (QED) is 0.776. The minimum absolute atomic E-state index is 0.697. The summed E-state index contributed by atoms with van der Waals surface area (Å²) in [6.45, 7) is 2.88. The van der Waals surface area contributed by atoms with E-state index in [0.29, 0.717) is 5.82 Å². The molecule has 94 valence electrons. The number of nitrogens with one attached hydrogen (secondary N) is 1. The van der Waals surface area contributed by atoms with Crippen molar-refractivity contribution in [3.05, 3.63) is 48.9 Å². The van der Waals surface area contributed by atoms with Gasteiger partial charge in [-0.3, -0.25) is 4.98 Å². The Bertz CT molecular complexity index is 704. The van der Waals surface area contributed by atoms with Crippen LogP contribution in [0.2, 0.25) is 0 Å². The normalized spacial score (nSPS) is 10.6. The first kappa shape index (κ1) is 11.6. The SMILES string of the molecule is CCNc1ccnc(-c2cncc3ccccc23)n1. The summed E-state index contributed by atoms with van der Waals surface area (Å²) < 4.78 is 0. The summed E-state index contributed by atoms with van der Waals surface area (Å²) in [6, 6.07) is 9.99. The van der Waals surface area contributed by atoms with Crippen LogP contribution in [0.3, 0.4) is 0 Å². The zero-order valence-corrected chi connectivity index (χ0v) is 10.7. The largest absolute Gasteiger partial charge is 0.370 e. The Morgan fingerprint density at radius 1 is 1.11 bits per heavy atom. The van der Waals surface area contributed by atoms with E-state index in [9.17, 15) is 0 Å². The molecule has 0 spiro atoms. The molecule has 3 rings (SSSR count). The second kappa shape index (κ2) is 5.02. The Morgan fingerprint density at radius 3 is 2.89 bits per heavy atom. The maximum atomic E-state index is 4.52. The molecule has 0 aliphatic heterocycles. The highest BCUT2D eigenvalue weighted by atomic mass is 15.0. The Balaban J connectivity index is 2.16. The van der Waals surface area contributed by atoms with E-state index in [-0.39, 0.29) is 0 Å². The van der Waals surface area contributed by atoms with Crippen LogP contribution in [0.15, 0.2) is 48.9 Å². The minimum atomic E-state index is 0.697. The lowest BCUT2D eigenvalue weighted by molar-refractivity contribution is 1.12. The molecule has 0 radical (unpaired) electrons. The number of benzene rings is 1. The lowest BCUT2D eigenvalue weighted by atomic mass is 10.1. The second-order valence-electron chi connectivity index (χ2n) is 4.20. The number of hydrogen-bond acceptors (Lipinski definition) is 4. The van der Waals surface area contributed by atoms with Crippen LogP contribution in [-0.2, 0) is 0 Å². The summed E-state index contributed by atoms with van der Waals surface area (Å²) in [7, 11) is 0. The predicted octanol–water partition coefficient (Wildman–Crippen LogP) is 3.12. The molecule has 4 heteroatoms. The molecule has 0 bridgehead atoms. The predicted molar refractivity (Wildman–Crippen MR) is 76.9 cm³/mol. The molecule has 0 saturated heterocycles.